The number of hydrogen-bond donors (Lipinski definition) is 2. The van der Waals surface area contributed by atoms with Gasteiger partial charge in [0.15, 0.2) is 0 Å². The molecule has 2 aromatic carbocycles. The highest BCUT2D eigenvalue weighted by Crippen LogP contribution is 2.35. The highest BCUT2D eigenvalue weighted by molar-refractivity contribution is 9.10. The number of amides is 1. The number of anilines is 1. The van der Waals surface area contributed by atoms with Gasteiger partial charge < -0.3 is 15.2 Å². The molecule has 0 atom stereocenters. The van der Waals surface area contributed by atoms with Crippen molar-refractivity contribution in [2.45, 2.75) is 26.1 Å². The fourth-order valence-electron chi connectivity index (χ4n) is 2.18. The molecule has 9 heteroatoms. The van der Waals surface area contributed by atoms with Gasteiger partial charge in [-0.3, -0.25) is 4.79 Å². The van der Waals surface area contributed by atoms with E-state index in [4.69, 9.17) is 4.74 Å². The molecule has 0 unspecified atom stereocenters. The van der Waals surface area contributed by atoms with Crippen LogP contribution in [-0.4, -0.2) is 17.0 Å². The number of rotatable bonds is 6. The number of carbonyl (C=O) groups excluding carboxylic acids is 1. The average molecular weight is 446 g/mol. The SMILES string of the molecule is CCC(=O)Nc1ccc(OCc2ccc(C(F)(F)F)c(Br)c2)cc1C(=O)O. The maximum atomic E-state index is 12.8. The van der Waals surface area contributed by atoms with Crippen LogP contribution in [0.15, 0.2) is 40.9 Å². The van der Waals surface area contributed by atoms with Crippen molar-refractivity contribution in [2.24, 2.45) is 0 Å². The predicted octanol–water partition coefficient (Wildman–Crippen LogP) is 5.09. The van der Waals surface area contributed by atoms with E-state index in [-0.39, 0.29) is 40.4 Å². The Morgan fingerprint density at radius 1 is 1.19 bits per heavy atom. The summed E-state index contributed by atoms with van der Waals surface area (Å²) in [5.74, 6) is -1.37. The van der Waals surface area contributed by atoms with Crippen molar-refractivity contribution in [1.82, 2.24) is 0 Å². The zero-order valence-corrected chi connectivity index (χ0v) is 15.6. The van der Waals surface area contributed by atoms with Crippen molar-refractivity contribution in [3.05, 3.63) is 57.6 Å². The van der Waals surface area contributed by atoms with Gasteiger partial charge in [-0.05, 0) is 35.9 Å². The number of hydrogen-bond acceptors (Lipinski definition) is 3. The number of benzene rings is 2. The van der Waals surface area contributed by atoms with Gasteiger partial charge in [-0.1, -0.05) is 28.9 Å². The number of alkyl halides is 3. The van der Waals surface area contributed by atoms with Crippen LogP contribution in [0.3, 0.4) is 0 Å². The van der Waals surface area contributed by atoms with E-state index in [1.165, 1.54) is 30.3 Å². The standard InChI is InChI=1S/C18H15BrF3NO4/c1-2-16(24)23-15-6-4-11(8-12(15)17(25)26)27-9-10-3-5-13(14(19)7-10)18(20,21)22/h3-8H,2,9H2,1H3,(H,23,24)(H,25,26). The minimum Gasteiger partial charge on any atom is -0.489 e. The molecule has 0 aliphatic carbocycles. The van der Waals surface area contributed by atoms with Crippen molar-refractivity contribution in [3.63, 3.8) is 0 Å². The number of halogens is 4. The Labute approximate surface area is 161 Å². The van der Waals surface area contributed by atoms with E-state index in [1.54, 1.807) is 6.92 Å². The quantitative estimate of drug-likeness (QED) is 0.648. The first-order valence-corrected chi connectivity index (χ1v) is 8.56. The lowest BCUT2D eigenvalue weighted by Gasteiger charge is -2.13. The Bertz CT molecular complexity index is 868. The average Bonchev–Trinajstić information content (AvgIpc) is 2.59. The third kappa shape index (κ3) is 5.46. The molecule has 0 radical (unpaired) electrons. The second kappa shape index (κ2) is 8.43. The van der Waals surface area contributed by atoms with Gasteiger partial charge in [0.25, 0.3) is 0 Å². The second-order valence-corrected chi connectivity index (χ2v) is 6.37. The predicted molar refractivity (Wildman–Crippen MR) is 95.8 cm³/mol. The summed E-state index contributed by atoms with van der Waals surface area (Å²) in [5, 5.41) is 11.8. The Morgan fingerprint density at radius 2 is 1.89 bits per heavy atom. The molecule has 0 heterocycles. The third-order valence-electron chi connectivity index (χ3n) is 3.56. The smallest absolute Gasteiger partial charge is 0.417 e. The van der Waals surface area contributed by atoms with Gasteiger partial charge >= 0.3 is 12.1 Å². The molecule has 0 saturated carbocycles. The first-order chi connectivity index (χ1) is 12.6. The molecule has 5 nitrogen and oxygen atoms in total. The lowest BCUT2D eigenvalue weighted by Crippen LogP contribution is -2.13. The lowest BCUT2D eigenvalue weighted by atomic mass is 10.1. The molecule has 1 amide bonds. The first kappa shape index (κ1) is 20.8. The minimum atomic E-state index is -4.46. The lowest BCUT2D eigenvalue weighted by molar-refractivity contribution is -0.138. The highest BCUT2D eigenvalue weighted by atomic mass is 79.9. The maximum absolute atomic E-state index is 12.8. The molecular formula is C18H15BrF3NO4. The van der Waals surface area contributed by atoms with Gasteiger partial charge in [-0.25, -0.2) is 4.79 Å². The molecule has 0 saturated heterocycles. The van der Waals surface area contributed by atoms with Crippen LogP contribution < -0.4 is 10.1 Å². The molecule has 2 N–H and O–H groups in total. The Morgan fingerprint density at radius 3 is 2.44 bits per heavy atom. The van der Waals surface area contributed by atoms with Gasteiger partial charge in [0.1, 0.15) is 12.4 Å². The molecule has 0 aromatic heterocycles. The van der Waals surface area contributed by atoms with Gasteiger partial charge in [0.2, 0.25) is 5.91 Å². The van der Waals surface area contributed by atoms with Gasteiger partial charge in [0, 0.05) is 10.9 Å². The summed E-state index contributed by atoms with van der Waals surface area (Å²) in [4.78, 5) is 22.8. The van der Waals surface area contributed by atoms with E-state index < -0.39 is 17.7 Å². The summed E-state index contributed by atoms with van der Waals surface area (Å²) >= 11 is 2.89. The van der Waals surface area contributed by atoms with Gasteiger partial charge in [-0.15, -0.1) is 0 Å². The molecule has 0 spiro atoms. The van der Waals surface area contributed by atoms with Crippen LogP contribution in [0.2, 0.25) is 0 Å². The summed E-state index contributed by atoms with van der Waals surface area (Å²) < 4.78 is 43.6. The Hall–Kier alpha value is -2.55. The van der Waals surface area contributed by atoms with Crippen LogP contribution in [0.4, 0.5) is 18.9 Å². The fraction of sp³-hybridized carbons (Fsp3) is 0.222. The molecule has 0 aliphatic heterocycles. The number of carboxylic acid groups (broad SMARTS) is 1. The molecule has 2 aromatic rings. The summed E-state index contributed by atoms with van der Waals surface area (Å²) in [7, 11) is 0. The second-order valence-electron chi connectivity index (χ2n) is 5.51. The summed E-state index contributed by atoms with van der Waals surface area (Å²) in [6, 6.07) is 7.62. The van der Waals surface area contributed by atoms with Crippen LogP contribution in [0.5, 0.6) is 5.75 Å². The minimum absolute atomic E-state index is 0.0591. The third-order valence-corrected chi connectivity index (χ3v) is 4.22. The van der Waals surface area contributed by atoms with Gasteiger partial charge in [0.05, 0.1) is 16.8 Å². The number of aromatic carboxylic acids is 1. The van der Waals surface area contributed by atoms with Crippen molar-refractivity contribution in [2.75, 3.05) is 5.32 Å². The molecule has 0 bridgehead atoms. The van der Waals surface area contributed by atoms with Gasteiger partial charge in [-0.2, -0.15) is 13.2 Å². The fourth-order valence-corrected chi connectivity index (χ4v) is 2.83. The van der Waals surface area contributed by atoms with E-state index in [2.05, 4.69) is 21.2 Å². The summed E-state index contributed by atoms with van der Waals surface area (Å²) in [5.41, 5.74) is -0.340. The highest BCUT2D eigenvalue weighted by Gasteiger charge is 2.32. The van der Waals surface area contributed by atoms with Crippen LogP contribution in [0.25, 0.3) is 0 Å². The number of nitrogens with one attached hydrogen (secondary N) is 1. The number of ether oxygens (including phenoxy) is 1. The molecular weight excluding hydrogens is 431 g/mol. The Kier molecular flexibility index (Phi) is 6.48. The Balaban J connectivity index is 2.16. The molecule has 27 heavy (non-hydrogen) atoms. The van der Waals surface area contributed by atoms with Crippen LogP contribution in [0, 0.1) is 0 Å². The molecule has 0 fully saturated rings. The molecule has 0 aliphatic rings. The monoisotopic (exact) mass is 445 g/mol. The normalized spacial score (nSPS) is 11.1. The van der Waals surface area contributed by atoms with E-state index in [0.717, 1.165) is 6.07 Å². The maximum Gasteiger partial charge on any atom is 0.417 e. The van der Waals surface area contributed by atoms with E-state index in [1.807, 2.05) is 0 Å². The number of carbonyl (C=O) groups is 2. The van der Waals surface area contributed by atoms with E-state index in [0.29, 0.717) is 5.56 Å². The van der Waals surface area contributed by atoms with Crippen LogP contribution >= 0.6 is 15.9 Å². The van der Waals surface area contributed by atoms with Crippen LogP contribution in [0.1, 0.15) is 34.8 Å². The molecule has 2 rings (SSSR count). The van der Waals surface area contributed by atoms with E-state index >= 15 is 0 Å². The van der Waals surface area contributed by atoms with E-state index in [9.17, 15) is 27.9 Å². The van der Waals surface area contributed by atoms with Crippen molar-refractivity contribution in [1.29, 1.82) is 0 Å². The van der Waals surface area contributed by atoms with Crippen molar-refractivity contribution in [3.8, 4) is 5.75 Å². The van der Waals surface area contributed by atoms with Crippen LogP contribution in [-0.2, 0) is 17.6 Å². The largest absolute Gasteiger partial charge is 0.489 e. The topological polar surface area (TPSA) is 75.6 Å². The summed E-state index contributed by atoms with van der Waals surface area (Å²) in [6.45, 7) is 1.58. The number of carboxylic acids is 1. The molecule has 144 valence electrons. The summed E-state index contributed by atoms with van der Waals surface area (Å²) in [6.07, 6.45) is -4.27. The van der Waals surface area contributed by atoms with Crippen molar-refractivity contribution < 1.29 is 32.6 Å². The zero-order chi connectivity index (χ0) is 20.2. The van der Waals surface area contributed by atoms with Crippen molar-refractivity contribution >= 4 is 33.5 Å². The first-order valence-electron chi connectivity index (χ1n) is 7.77. The zero-order valence-electron chi connectivity index (χ0n) is 14.1.